The molecule has 3 nitrogen and oxygen atoms in total. The van der Waals surface area contributed by atoms with Gasteiger partial charge in [0.05, 0.1) is 19.8 Å². The van der Waals surface area contributed by atoms with Crippen LogP contribution < -0.4 is 9.47 Å². The van der Waals surface area contributed by atoms with Crippen molar-refractivity contribution >= 4 is 0 Å². The fourth-order valence-corrected chi connectivity index (χ4v) is 5.47. The molecule has 4 bridgehead atoms. The predicted molar refractivity (Wildman–Crippen MR) is 80.5 cm³/mol. The summed E-state index contributed by atoms with van der Waals surface area (Å²) >= 11 is 0. The highest BCUT2D eigenvalue weighted by atomic mass is 16.5. The summed E-state index contributed by atoms with van der Waals surface area (Å²) in [5.41, 5.74) is 0.214. The molecule has 5 rings (SSSR count). The van der Waals surface area contributed by atoms with Gasteiger partial charge in [-0.2, -0.15) is 0 Å². The average Bonchev–Trinajstić information content (AvgIpc) is 2.51. The van der Waals surface area contributed by atoms with E-state index in [1.54, 1.807) is 14.2 Å². The lowest BCUT2D eigenvalue weighted by molar-refractivity contribution is -0.180. The zero-order valence-corrected chi connectivity index (χ0v) is 12.8. The van der Waals surface area contributed by atoms with E-state index in [4.69, 9.17) is 9.47 Å². The Labute approximate surface area is 126 Å². The zero-order valence-electron chi connectivity index (χ0n) is 12.8. The van der Waals surface area contributed by atoms with E-state index in [1.165, 1.54) is 32.1 Å². The van der Waals surface area contributed by atoms with Gasteiger partial charge in [0.15, 0.2) is 0 Å². The number of hydrogen-bond donors (Lipinski definition) is 1. The molecule has 4 aliphatic rings. The van der Waals surface area contributed by atoms with Gasteiger partial charge in [0.2, 0.25) is 0 Å². The maximum atomic E-state index is 11.7. The van der Waals surface area contributed by atoms with E-state index in [1.807, 2.05) is 18.2 Å². The smallest absolute Gasteiger partial charge is 0.125 e. The summed E-state index contributed by atoms with van der Waals surface area (Å²) in [6, 6.07) is 5.82. The van der Waals surface area contributed by atoms with Crippen LogP contribution in [0.1, 0.15) is 37.7 Å². The lowest BCUT2D eigenvalue weighted by Crippen LogP contribution is -2.55. The van der Waals surface area contributed by atoms with E-state index in [-0.39, 0.29) is 0 Å². The van der Waals surface area contributed by atoms with Gasteiger partial charge in [0, 0.05) is 5.56 Å². The van der Waals surface area contributed by atoms with Gasteiger partial charge in [-0.15, -0.1) is 0 Å². The molecular weight excluding hydrogens is 264 g/mol. The van der Waals surface area contributed by atoms with Crippen LogP contribution in [0.3, 0.4) is 0 Å². The lowest BCUT2D eigenvalue weighted by Gasteiger charge is -2.59. The topological polar surface area (TPSA) is 38.7 Å². The molecule has 0 aliphatic heterocycles. The number of rotatable bonds is 3. The van der Waals surface area contributed by atoms with Gasteiger partial charge in [-0.1, -0.05) is 0 Å². The molecule has 1 N–H and O–H groups in total. The second kappa shape index (κ2) is 4.64. The summed E-state index contributed by atoms with van der Waals surface area (Å²) < 4.78 is 10.9. The fraction of sp³-hybridized carbons (Fsp3) is 0.667. The van der Waals surface area contributed by atoms with Gasteiger partial charge < -0.3 is 14.6 Å². The number of methoxy groups -OCH3 is 2. The van der Waals surface area contributed by atoms with Gasteiger partial charge in [-0.25, -0.2) is 0 Å². The summed E-state index contributed by atoms with van der Waals surface area (Å²) in [4.78, 5) is 0. The third kappa shape index (κ3) is 1.83. The van der Waals surface area contributed by atoms with Crippen LogP contribution in [-0.2, 0) is 5.60 Å². The van der Waals surface area contributed by atoms with Gasteiger partial charge in [0.1, 0.15) is 11.5 Å². The average molecular weight is 288 g/mol. The quantitative estimate of drug-likeness (QED) is 0.927. The molecule has 0 saturated heterocycles. The molecule has 4 aliphatic carbocycles. The van der Waals surface area contributed by atoms with E-state index in [0.29, 0.717) is 11.8 Å². The first-order chi connectivity index (χ1) is 10.1. The summed E-state index contributed by atoms with van der Waals surface area (Å²) in [6.07, 6.45) is 6.07. The van der Waals surface area contributed by atoms with Gasteiger partial charge in [0.25, 0.3) is 0 Å². The van der Waals surface area contributed by atoms with E-state index in [0.717, 1.165) is 28.9 Å². The van der Waals surface area contributed by atoms with Crippen molar-refractivity contribution in [3.05, 3.63) is 23.8 Å². The van der Waals surface area contributed by atoms with Crippen LogP contribution in [-0.4, -0.2) is 19.3 Å². The first-order valence-corrected chi connectivity index (χ1v) is 8.10. The Bertz CT molecular complexity index is 523. The van der Waals surface area contributed by atoms with Crippen LogP contribution in [0, 0.1) is 23.7 Å². The highest BCUT2D eigenvalue weighted by Crippen LogP contribution is 2.62. The Hall–Kier alpha value is -1.22. The third-order valence-corrected chi connectivity index (χ3v) is 6.22. The molecule has 3 heteroatoms. The standard InChI is InChI=1S/C18H24O3/c1-20-15-3-4-17(21-2)16(10-15)18(19)13-6-11-5-12(8-13)9-14(18)7-11/h3-4,10-14,19H,5-9H2,1-2H3. The minimum atomic E-state index is -0.729. The first-order valence-electron chi connectivity index (χ1n) is 8.10. The van der Waals surface area contributed by atoms with Crippen LogP contribution in [0.4, 0.5) is 0 Å². The molecule has 1 aromatic carbocycles. The summed E-state index contributed by atoms with van der Waals surface area (Å²) in [7, 11) is 3.36. The second-order valence-corrected chi connectivity index (χ2v) is 7.20. The van der Waals surface area contributed by atoms with Crippen LogP contribution in [0.25, 0.3) is 0 Å². The summed E-state index contributed by atoms with van der Waals surface area (Å²) in [6.45, 7) is 0. The molecule has 4 fully saturated rings. The minimum Gasteiger partial charge on any atom is -0.497 e. The van der Waals surface area contributed by atoms with Crippen molar-refractivity contribution in [2.75, 3.05) is 14.2 Å². The molecule has 0 spiro atoms. The highest BCUT2D eigenvalue weighted by Gasteiger charge is 2.58. The summed E-state index contributed by atoms with van der Waals surface area (Å²) in [5.74, 6) is 4.04. The molecule has 0 unspecified atom stereocenters. The van der Waals surface area contributed by atoms with Crippen molar-refractivity contribution in [2.45, 2.75) is 37.7 Å². The molecule has 0 heterocycles. The number of hydrogen-bond acceptors (Lipinski definition) is 3. The lowest BCUT2D eigenvalue weighted by atomic mass is 9.48. The Morgan fingerprint density at radius 2 is 1.57 bits per heavy atom. The monoisotopic (exact) mass is 288 g/mol. The Morgan fingerprint density at radius 3 is 2.10 bits per heavy atom. The minimum absolute atomic E-state index is 0.384. The van der Waals surface area contributed by atoms with Crippen molar-refractivity contribution in [3.63, 3.8) is 0 Å². The van der Waals surface area contributed by atoms with Crippen molar-refractivity contribution in [2.24, 2.45) is 23.7 Å². The molecule has 0 amide bonds. The van der Waals surface area contributed by atoms with Gasteiger partial charge >= 0.3 is 0 Å². The maximum absolute atomic E-state index is 11.7. The van der Waals surface area contributed by atoms with Crippen LogP contribution >= 0.6 is 0 Å². The largest absolute Gasteiger partial charge is 0.497 e. The van der Waals surface area contributed by atoms with Crippen molar-refractivity contribution in [3.8, 4) is 11.5 Å². The van der Waals surface area contributed by atoms with Crippen molar-refractivity contribution < 1.29 is 14.6 Å². The van der Waals surface area contributed by atoms with Crippen LogP contribution in [0.15, 0.2) is 18.2 Å². The molecule has 1 aromatic rings. The number of benzene rings is 1. The Morgan fingerprint density at radius 1 is 0.952 bits per heavy atom. The first kappa shape index (κ1) is 13.4. The van der Waals surface area contributed by atoms with E-state index in [9.17, 15) is 5.11 Å². The van der Waals surface area contributed by atoms with E-state index in [2.05, 4.69) is 0 Å². The third-order valence-electron chi connectivity index (χ3n) is 6.22. The van der Waals surface area contributed by atoms with Crippen molar-refractivity contribution in [1.82, 2.24) is 0 Å². The van der Waals surface area contributed by atoms with Crippen molar-refractivity contribution in [1.29, 1.82) is 0 Å². The molecule has 21 heavy (non-hydrogen) atoms. The number of ether oxygens (including phenoxy) is 2. The fourth-order valence-electron chi connectivity index (χ4n) is 5.47. The Balaban J connectivity index is 1.81. The molecular formula is C18H24O3. The molecule has 0 aromatic heterocycles. The molecule has 114 valence electrons. The van der Waals surface area contributed by atoms with Crippen LogP contribution in [0.5, 0.6) is 11.5 Å². The second-order valence-electron chi connectivity index (χ2n) is 7.20. The highest BCUT2D eigenvalue weighted by molar-refractivity contribution is 5.45. The molecule has 0 atom stereocenters. The normalized spacial score (nSPS) is 40.3. The SMILES string of the molecule is COc1ccc(OC)c(C2(O)C3CC4CC(C3)CC2C4)c1. The molecule has 0 radical (unpaired) electrons. The zero-order chi connectivity index (χ0) is 14.6. The number of aliphatic hydroxyl groups is 1. The van der Waals surface area contributed by atoms with E-state index >= 15 is 0 Å². The van der Waals surface area contributed by atoms with E-state index < -0.39 is 5.60 Å². The maximum Gasteiger partial charge on any atom is 0.125 e. The van der Waals surface area contributed by atoms with Crippen LogP contribution in [0.2, 0.25) is 0 Å². The molecule has 4 saturated carbocycles. The van der Waals surface area contributed by atoms with Gasteiger partial charge in [-0.3, -0.25) is 0 Å². The van der Waals surface area contributed by atoms with Gasteiger partial charge in [-0.05, 0) is 74.0 Å². The summed E-state index contributed by atoms with van der Waals surface area (Å²) in [5, 5.41) is 11.7. The Kier molecular flexibility index (Phi) is 2.97. The predicted octanol–water partition coefficient (Wildman–Crippen LogP) is 3.35.